The Morgan fingerprint density at radius 3 is 2.52 bits per heavy atom. The van der Waals surface area contributed by atoms with Gasteiger partial charge in [0.25, 0.3) is 0 Å². The highest BCUT2D eigenvalue weighted by molar-refractivity contribution is 6.30. The Labute approximate surface area is 126 Å². The van der Waals surface area contributed by atoms with E-state index < -0.39 is 11.6 Å². The predicted octanol–water partition coefficient (Wildman–Crippen LogP) is 3.07. The zero-order chi connectivity index (χ0) is 15.2. The molecule has 2 aromatic carbocycles. The Morgan fingerprint density at radius 1 is 1.14 bits per heavy atom. The highest BCUT2D eigenvalue weighted by Gasteiger charge is 2.13. The lowest BCUT2D eigenvalue weighted by Gasteiger charge is -2.17. The normalized spacial score (nSPS) is 12.2. The predicted molar refractivity (Wildman–Crippen MR) is 78.1 cm³/mol. The van der Waals surface area contributed by atoms with Crippen molar-refractivity contribution in [3.8, 4) is 5.75 Å². The van der Waals surface area contributed by atoms with Gasteiger partial charge in [-0.3, -0.25) is 11.3 Å². The number of hydrogen-bond acceptors (Lipinski definition) is 3. The summed E-state index contributed by atoms with van der Waals surface area (Å²) in [7, 11) is 0. The van der Waals surface area contributed by atoms with Crippen molar-refractivity contribution in [1.82, 2.24) is 5.43 Å². The van der Waals surface area contributed by atoms with E-state index in [1.165, 1.54) is 0 Å². The van der Waals surface area contributed by atoms with Crippen molar-refractivity contribution < 1.29 is 13.5 Å². The first kappa shape index (κ1) is 15.7. The van der Waals surface area contributed by atoms with Crippen LogP contribution >= 0.6 is 11.6 Å². The number of halogens is 3. The van der Waals surface area contributed by atoms with E-state index in [1.54, 1.807) is 24.3 Å². The van der Waals surface area contributed by atoms with Crippen LogP contribution in [0.4, 0.5) is 8.78 Å². The summed E-state index contributed by atoms with van der Waals surface area (Å²) in [5.74, 6) is 5.10. The van der Waals surface area contributed by atoms with Crippen molar-refractivity contribution in [3.05, 3.63) is 64.7 Å². The molecule has 0 spiro atoms. The smallest absolute Gasteiger partial charge is 0.126 e. The molecule has 1 atom stereocenters. The molecule has 3 N–H and O–H groups in total. The van der Waals surface area contributed by atoms with Crippen LogP contribution in [-0.2, 0) is 6.42 Å². The summed E-state index contributed by atoms with van der Waals surface area (Å²) in [6.45, 7) is 0.216. The van der Waals surface area contributed by atoms with Gasteiger partial charge in [0, 0.05) is 5.02 Å². The highest BCUT2D eigenvalue weighted by Crippen LogP contribution is 2.16. The van der Waals surface area contributed by atoms with Crippen molar-refractivity contribution in [3.63, 3.8) is 0 Å². The second-order valence-corrected chi connectivity index (χ2v) is 5.00. The molecule has 0 aliphatic heterocycles. The van der Waals surface area contributed by atoms with Crippen LogP contribution in [0.1, 0.15) is 5.56 Å². The molecule has 0 fully saturated rings. The minimum atomic E-state index is -0.485. The summed E-state index contributed by atoms with van der Waals surface area (Å²) in [5, 5.41) is 0.609. The van der Waals surface area contributed by atoms with Gasteiger partial charge in [0.05, 0.1) is 6.04 Å². The molecular formula is C15H15ClF2N2O. The molecule has 2 aromatic rings. The summed E-state index contributed by atoms with van der Waals surface area (Å²) in [6, 6.07) is 9.82. The lowest BCUT2D eigenvalue weighted by atomic mass is 10.1. The van der Waals surface area contributed by atoms with Gasteiger partial charge in [-0.2, -0.15) is 0 Å². The van der Waals surface area contributed by atoms with Gasteiger partial charge in [-0.1, -0.05) is 11.6 Å². The maximum absolute atomic E-state index is 13.6. The molecule has 112 valence electrons. The fourth-order valence-electron chi connectivity index (χ4n) is 1.86. The van der Waals surface area contributed by atoms with Gasteiger partial charge < -0.3 is 4.74 Å². The monoisotopic (exact) mass is 312 g/mol. The molecule has 0 aromatic heterocycles. The van der Waals surface area contributed by atoms with Crippen LogP contribution in [0.5, 0.6) is 5.75 Å². The van der Waals surface area contributed by atoms with Crippen molar-refractivity contribution in [1.29, 1.82) is 0 Å². The topological polar surface area (TPSA) is 47.3 Å². The minimum Gasteiger partial charge on any atom is -0.492 e. The van der Waals surface area contributed by atoms with Crippen LogP contribution in [0, 0.1) is 11.6 Å². The molecule has 0 saturated heterocycles. The fraction of sp³-hybridized carbons (Fsp3) is 0.200. The van der Waals surface area contributed by atoms with Crippen LogP contribution in [0.2, 0.25) is 5.02 Å². The lowest BCUT2D eigenvalue weighted by Crippen LogP contribution is -2.41. The molecule has 6 heteroatoms. The summed E-state index contributed by atoms with van der Waals surface area (Å²) >= 11 is 5.78. The molecule has 3 nitrogen and oxygen atoms in total. The van der Waals surface area contributed by atoms with E-state index in [0.717, 1.165) is 18.2 Å². The molecule has 0 aliphatic rings. The summed E-state index contributed by atoms with van der Waals surface area (Å²) in [4.78, 5) is 0. The Balaban J connectivity index is 1.96. The average molecular weight is 313 g/mol. The standard InChI is InChI=1S/C15H15ClF2N2O/c16-11-1-4-14(5-2-11)21-9-13(20-19)8-10-7-12(17)3-6-15(10)18/h1-7,13,20H,8-9,19H2. The SMILES string of the molecule is NNC(COc1ccc(Cl)cc1)Cc1cc(F)ccc1F. The Morgan fingerprint density at radius 2 is 1.86 bits per heavy atom. The van der Waals surface area contributed by atoms with Crippen molar-refractivity contribution >= 4 is 11.6 Å². The molecular weight excluding hydrogens is 298 g/mol. The van der Waals surface area contributed by atoms with Gasteiger partial charge in [-0.25, -0.2) is 8.78 Å². The Hall–Kier alpha value is -1.69. The van der Waals surface area contributed by atoms with Crippen molar-refractivity contribution in [2.75, 3.05) is 6.61 Å². The van der Waals surface area contributed by atoms with E-state index in [9.17, 15) is 8.78 Å². The number of benzene rings is 2. The van der Waals surface area contributed by atoms with Gasteiger partial charge in [0.15, 0.2) is 0 Å². The largest absolute Gasteiger partial charge is 0.492 e. The number of nitrogens with two attached hydrogens (primary N) is 1. The molecule has 0 aliphatic carbocycles. The third-order valence-corrected chi connectivity index (χ3v) is 3.23. The van der Waals surface area contributed by atoms with Gasteiger partial charge in [-0.05, 0) is 54.4 Å². The van der Waals surface area contributed by atoms with E-state index in [2.05, 4.69) is 5.43 Å². The molecule has 21 heavy (non-hydrogen) atoms. The van der Waals surface area contributed by atoms with Crippen LogP contribution in [0.15, 0.2) is 42.5 Å². The maximum Gasteiger partial charge on any atom is 0.126 e. The second kappa shape index (κ2) is 7.36. The van der Waals surface area contributed by atoms with Gasteiger partial charge in [0.2, 0.25) is 0 Å². The molecule has 0 saturated carbocycles. The second-order valence-electron chi connectivity index (χ2n) is 4.57. The molecule has 0 heterocycles. The average Bonchev–Trinajstić information content (AvgIpc) is 2.48. The van der Waals surface area contributed by atoms with E-state index in [-0.39, 0.29) is 24.6 Å². The van der Waals surface area contributed by atoms with Gasteiger partial charge in [-0.15, -0.1) is 0 Å². The van der Waals surface area contributed by atoms with Crippen LogP contribution < -0.4 is 16.0 Å². The highest BCUT2D eigenvalue weighted by atomic mass is 35.5. The van der Waals surface area contributed by atoms with E-state index in [1.807, 2.05) is 0 Å². The molecule has 0 radical (unpaired) electrons. The Kier molecular flexibility index (Phi) is 5.50. The summed E-state index contributed by atoms with van der Waals surface area (Å²) < 4.78 is 32.3. The molecule has 2 rings (SSSR count). The quantitative estimate of drug-likeness (QED) is 0.636. The van der Waals surface area contributed by atoms with E-state index in [0.29, 0.717) is 10.8 Å². The lowest BCUT2D eigenvalue weighted by molar-refractivity contribution is 0.263. The molecule has 0 amide bonds. The summed E-state index contributed by atoms with van der Waals surface area (Å²) in [6.07, 6.45) is 0.216. The summed E-state index contributed by atoms with van der Waals surface area (Å²) in [5.41, 5.74) is 2.79. The van der Waals surface area contributed by atoms with Crippen molar-refractivity contribution in [2.24, 2.45) is 5.84 Å². The van der Waals surface area contributed by atoms with Gasteiger partial charge >= 0.3 is 0 Å². The molecule has 0 bridgehead atoms. The van der Waals surface area contributed by atoms with E-state index in [4.69, 9.17) is 22.2 Å². The number of nitrogens with one attached hydrogen (secondary N) is 1. The first-order valence-corrected chi connectivity index (χ1v) is 6.74. The number of hydrazine groups is 1. The third kappa shape index (κ3) is 4.67. The Bertz CT molecular complexity index is 593. The number of rotatable bonds is 6. The number of hydrogen-bond donors (Lipinski definition) is 2. The zero-order valence-electron chi connectivity index (χ0n) is 11.2. The maximum atomic E-state index is 13.6. The fourth-order valence-corrected chi connectivity index (χ4v) is 1.98. The van der Waals surface area contributed by atoms with Crippen LogP contribution in [0.25, 0.3) is 0 Å². The van der Waals surface area contributed by atoms with E-state index >= 15 is 0 Å². The molecule has 1 unspecified atom stereocenters. The first-order valence-electron chi connectivity index (χ1n) is 6.37. The van der Waals surface area contributed by atoms with Crippen molar-refractivity contribution in [2.45, 2.75) is 12.5 Å². The van der Waals surface area contributed by atoms with Gasteiger partial charge in [0.1, 0.15) is 24.0 Å². The first-order chi connectivity index (χ1) is 10.1. The zero-order valence-corrected chi connectivity index (χ0v) is 11.9. The van der Waals surface area contributed by atoms with Crippen LogP contribution in [0.3, 0.4) is 0 Å². The van der Waals surface area contributed by atoms with Crippen LogP contribution in [-0.4, -0.2) is 12.6 Å². The number of ether oxygens (including phenoxy) is 1. The minimum absolute atomic E-state index is 0.216. The third-order valence-electron chi connectivity index (χ3n) is 2.97.